The molecule has 1 N–H and O–H groups in total. The number of hydrogen-bond donors (Lipinski definition) is 1. The highest BCUT2D eigenvalue weighted by Crippen LogP contribution is 2.45. The first-order valence-corrected chi connectivity index (χ1v) is 8.23. The summed E-state index contributed by atoms with van der Waals surface area (Å²) in [5, 5.41) is 19.0. The van der Waals surface area contributed by atoms with E-state index in [1.165, 1.54) is 4.31 Å². The molecular weight excluding hydrogens is 276 g/mol. The van der Waals surface area contributed by atoms with Crippen molar-refractivity contribution >= 4 is 10.0 Å². The molecule has 1 aliphatic carbocycles. The Labute approximate surface area is 118 Å². The van der Waals surface area contributed by atoms with Crippen LogP contribution in [0.15, 0.2) is 24.3 Å². The summed E-state index contributed by atoms with van der Waals surface area (Å²) < 4.78 is 25.8. The Morgan fingerprint density at radius 2 is 2.10 bits per heavy atom. The van der Waals surface area contributed by atoms with E-state index < -0.39 is 15.6 Å². The number of rotatable bonds is 4. The van der Waals surface area contributed by atoms with Crippen LogP contribution in [0.3, 0.4) is 0 Å². The van der Waals surface area contributed by atoms with Gasteiger partial charge in [-0.1, -0.05) is 12.1 Å². The van der Waals surface area contributed by atoms with Crippen molar-refractivity contribution in [1.29, 1.82) is 5.26 Å². The van der Waals surface area contributed by atoms with Crippen molar-refractivity contribution in [2.75, 3.05) is 13.1 Å². The Bertz CT molecular complexity index is 668. The fourth-order valence-electron chi connectivity index (χ4n) is 2.67. The SMILES string of the molecule is N#Cc1cccc(CS(=O)(=O)N2CC(O)(C3CC3)C2)c1. The summed E-state index contributed by atoms with van der Waals surface area (Å²) in [6, 6.07) is 8.61. The van der Waals surface area contributed by atoms with Crippen molar-refractivity contribution in [2.45, 2.75) is 24.2 Å². The Hall–Kier alpha value is -1.42. The van der Waals surface area contributed by atoms with Crippen LogP contribution in [-0.2, 0) is 15.8 Å². The fourth-order valence-corrected chi connectivity index (χ4v) is 4.30. The average Bonchev–Trinajstić information content (AvgIpc) is 3.19. The van der Waals surface area contributed by atoms with Crippen molar-refractivity contribution in [2.24, 2.45) is 5.92 Å². The standard InChI is InChI=1S/C14H16N2O3S/c15-7-11-2-1-3-12(6-11)8-20(18,19)16-9-14(17,10-16)13-4-5-13/h1-3,6,13,17H,4-5,8-10H2. The molecule has 0 spiro atoms. The third kappa shape index (κ3) is 2.44. The van der Waals surface area contributed by atoms with Gasteiger partial charge in [-0.05, 0) is 36.5 Å². The lowest BCUT2D eigenvalue weighted by Gasteiger charge is -2.45. The molecule has 20 heavy (non-hydrogen) atoms. The van der Waals surface area contributed by atoms with Gasteiger partial charge in [0.15, 0.2) is 0 Å². The number of nitrogens with zero attached hydrogens (tertiary/aromatic N) is 2. The lowest BCUT2D eigenvalue weighted by molar-refractivity contribution is -0.0765. The molecule has 1 aliphatic heterocycles. The molecular formula is C14H16N2O3S. The van der Waals surface area contributed by atoms with Gasteiger partial charge in [0.1, 0.15) is 0 Å². The Balaban J connectivity index is 1.69. The summed E-state index contributed by atoms with van der Waals surface area (Å²) in [5.74, 6) is 0.152. The summed E-state index contributed by atoms with van der Waals surface area (Å²) in [7, 11) is -3.41. The van der Waals surface area contributed by atoms with Crippen LogP contribution in [-0.4, -0.2) is 36.5 Å². The van der Waals surface area contributed by atoms with Crippen molar-refractivity contribution in [1.82, 2.24) is 4.31 Å². The first kappa shape index (κ1) is 13.6. The Morgan fingerprint density at radius 1 is 1.40 bits per heavy atom. The second-order valence-electron chi connectivity index (χ2n) is 5.71. The smallest absolute Gasteiger partial charge is 0.218 e. The second-order valence-corrected chi connectivity index (χ2v) is 7.68. The van der Waals surface area contributed by atoms with Crippen LogP contribution in [0.5, 0.6) is 0 Å². The molecule has 1 aromatic carbocycles. The van der Waals surface area contributed by atoms with E-state index in [-0.39, 0.29) is 24.8 Å². The van der Waals surface area contributed by atoms with E-state index >= 15 is 0 Å². The Morgan fingerprint density at radius 3 is 2.70 bits per heavy atom. The van der Waals surface area contributed by atoms with Gasteiger partial charge in [0.25, 0.3) is 0 Å². The molecule has 0 bridgehead atoms. The van der Waals surface area contributed by atoms with E-state index in [1.807, 2.05) is 6.07 Å². The second kappa shape index (κ2) is 4.55. The van der Waals surface area contributed by atoms with E-state index in [0.717, 1.165) is 12.8 Å². The monoisotopic (exact) mass is 292 g/mol. The molecule has 106 valence electrons. The number of β-amino-alcohol motifs (C(OH)–C–C–N with tert-alkyl or cyclic N) is 1. The van der Waals surface area contributed by atoms with Gasteiger partial charge in [0, 0.05) is 13.1 Å². The minimum absolute atomic E-state index is 0.122. The average molecular weight is 292 g/mol. The van der Waals surface area contributed by atoms with Crippen LogP contribution < -0.4 is 0 Å². The molecule has 1 saturated carbocycles. The fraction of sp³-hybridized carbons (Fsp3) is 0.500. The van der Waals surface area contributed by atoms with Gasteiger partial charge < -0.3 is 5.11 Å². The van der Waals surface area contributed by atoms with Gasteiger partial charge in [-0.3, -0.25) is 0 Å². The zero-order chi connectivity index (χ0) is 14.4. The van der Waals surface area contributed by atoms with E-state index in [4.69, 9.17) is 5.26 Å². The topological polar surface area (TPSA) is 81.4 Å². The maximum Gasteiger partial charge on any atom is 0.218 e. The van der Waals surface area contributed by atoms with Gasteiger partial charge >= 0.3 is 0 Å². The molecule has 2 fully saturated rings. The predicted octanol–water partition coefficient (Wildman–Crippen LogP) is 0.845. The number of hydrogen-bond acceptors (Lipinski definition) is 4. The molecule has 5 nitrogen and oxygen atoms in total. The molecule has 0 radical (unpaired) electrons. The van der Waals surface area contributed by atoms with Gasteiger partial charge in [0.05, 0.1) is 23.0 Å². The third-order valence-corrected chi connectivity index (χ3v) is 5.78. The van der Waals surface area contributed by atoms with Gasteiger partial charge in [0.2, 0.25) is 10.0 Å². The first-order valence-electron chi connectivity index (χ1n) is 6.62. The molecule has 1 heterocycles. The lowest BCUT2D eigenvalue weighted by Crippen LogP contribution is -2.64. The highest BCUT2D eigenvalue weighted by molar-refractivity contribution is 7.88. The van der Waals surface area contributed by atoms with Crippen LogP contribution >= 0.6 is 0 Å². The van der Waals surface area contributed by atoms with Crippen LogP contribution in [0.4, 0.5) is 0 Å². The summed E-state index contributed by atoms with van der Waals surface area (Å²) in [6.45, 7) is 0.413. The van der Waals surface area contributed by atoms with E-state index in [9.17, 15) is 13.5 Å². The summed E-state index contributed by atoms with van der Waals surface area (Å²) >= 11 is 0. The zero-order valence-corrected chi connectivity index (χ0v) is 11.8. The Kier molecular flexibility index (Phi) is 3.09. The third-order valence-electron chi connectivity index (χ3n) is 4.04. The van der Waals surface area contributed by atoms with Crippen LogP contribution in [0.25, 0.3) is 0 Å². The van der Waals surface area contributed by atoms with Crippen molar-refractivity contribution in [3.05, 3.63) is 35.4 Å². The molecule has 0 atom stereocenters. The minimum atomic E-state index is -3.41. The quantitative estimate of drug-likeness (QED) is 0.892. The van der Waals surface area contributed by atoms with E-state index in [1.54, 1.807) is 24.3 Å². The minimum Gasteiger partial charge on any atom is -0.387 e. The number of benzene rings is 1. The van der Waals surface area contributed by atoms with Crippen LogP contribution in [0.1, 0.15) is 24.0 Å². The summed E-state index contributed by atoms with van der Waals surface area (Å²) in [6.07, 6.45) is 1.99. The van der Waals surface area contributed by atoms with E-state index in [0.29, 0.717) is 11.1 Å². The van der Waals surface area contributed by atoms with Gasteiger partial charge in [-0.15, -0.1) is 0 Å². The number of sulfonamides is 1. The maximum atomic E-state index is 12.2. The molecule has 0 aromatic heterocycles. The predicted molar refractivity (Wildman–Crippen MR) is 73.0 cm³/mol. The van der Waals surface area contributed by atoms with Crippen molar-refractivity contribution < 1.29 is 13.5 Å². The van der Waals surface area contributed by atoms with Gasteiger partial charge in [-0.2, -0.15) is 9.57 Å². The largest absolute Gasteiger partial charge is 0.387 e. The lowest BCUT2D eigenvalue weighted by atomic mass is 9.91. The maximum absolute atomic E-state index is 12.2. The molecule has 1 saturated heterocycles. The number of nitriles is 1. The summed E-state index contributed by atoms with van der Waals surface area (Å²) in [4.78, 5) is 0. The van der Waals surface area contributed by atoms with E-state index in [2.05, 4.69) is 0 Å². The summed E-state index contributed by atoms with van der Waals surface area (Å²) in [5.41, 5.74) is 0.253. The zero-order valence-electron chi connectivity index (χ0n) is 11.0. The van der Waals surface area contributed by atoms with Gasteiger partial charge in [-0.25, -0.2) is 8.42 Å². The molecule has 6 heteroatoms. The first-order chi connectivity index (χ1) is 9.43. The molecule has 2 aliphatic rings. The molecule has 0 unspecified atom stereocenters. The van der Waals surface area contributed by atoms with Crippen LogP contribution in [0, 0.1) is 17.2 Å². The van der Waals surface area contributed by atoms with Crippen molar-refractivity contribution in [3.8, 4) is 6.07 Å². The molecule has 3 rings (SSSR count). The molecule has 1 aromatic rings. The normalized spacial score (nSPS) is 22.0. The highest BCUT2D eigenvalue weighted by atomic mass is 32.2. The number of aliphatic hydroxyl groups is 1. The van der Waals surface area contributed by atoms with Crippen molar-refractivity contribution in [3.63, 3.8) is 0 Å². The molecule has 0 amide bonds. The highest BCUT2D eigenvalue weighted by Gasteiger charge is 2.54. The van der Waals surface area contributed by atoms with Crippen LogP contribution in [0.2, 0.25) is 0 Å².